The number of rotatable bonds is 48. The lowest BCUT2D eigenvalue weighted by Crippen LogP contribution is -2.62. The summed E-state index contributed by atoms with van der Waals surface area (Å²) in [5.74, 6) is -0.760. The molecule has 11 N–H and O–H groups in total. The summed E-state index contributed by atoms with van der Waals surface area (Å²) in [4.78, 5) is 13.4. The van der Waals surface area contributed by atoms with E-state index in [1.165, 1.54) is 161 Å². The fourth-order valence-electron chi connectivity index (χ4n) is 10.1. The second-order valence-corrected chi connectivity index (χ2v) is 21.4. The third-order valence-corrected chi connectivity index (χ3v) is 15.0. The van der Waals surface area contributed by atoms with Gasteiger partial charge < -0.3 is 75.3 Å². The van der Waals surface area contributed by atoms with Crippen LogP contribution < -0.4 is 5.32 Å². The zero-order valence-electron chi connectivity index (χ0n) is 45.2. The minimum Gasteiger partial charge on any atom is -0.394 e. The van der Waals surface area contributed by atoms with Crippen LogP contribution in [0.3, 0.4) is 0 Å². The Labute approximate surface area is 435 Å². The number of carbonyl (C=O) groups is 1. The van der Waals surface area contributed by atoms with Crippen LogP contribution in [0.1, 0.15) is 245 Å². The molecule has 2 rings (SSSR count). The quantitative estimate of drug-likeness (QED) is 0.0268. The molecule has 0 aromatic rings. The van der Waals surface area contributed by atoms with Crippen molar-refractivity contribution in [2.24, 2.45) is 0 Å². The maximum absolute atomic E-state index is 13.4. The molecule has 16 nitrogen and oxygen atoms in total. The summed E-state index contributed by atoms with van der Waals surface area (Å²) >= 11 is 0. The van der Waals surface area contributed by atoms with Gasteiger partial charge in [0.05, 0.1) is 32.0 Å². The summed E-state index contributed by atoms with van der Waals surface area (Å²) in [5, 5.41) is 109. The van der Waals surface area contributed by atoms with Crippen LogP contribution >= 0.6 is 0 Å². The molecule has 0 spiro atoms. The zero-order chi connectivity index (χ0) is 52.8. The molecule has 2 saturated heterocycles. The van der Waals surface area contributed by atoms with Gasteiger partial charge in [-0.1, -0.05) is 232 Å². The van der Waals surface area contributed by atoms with E-state index in [2.05, 4.69) is 19.2 Å². The third kappa shape index (κ3) is 28.3. The molecule has 2 aliphatic rings. The van der Waals surface area contributed by atoms with E-state index in [9.17, 15) is 55.9 Å². The molecule has 0 aliphatic carbocycles. The smallest absolute Gasteiger partial charge is 0.249 e. The molecular weight excluding hydrogens is 927 g/mol. The van der Waals surface area contributed by atoms with Gasteiger partial charge in [0.1, 0.15) is 61.0 Å². The molecule has 2 fully saturated rings. The van der Waals surface area contributed by atoms with E-state index < -0.39 is 111 Å². The largest absolute Gasteiger partial charge is 0.394 e. The molecule has 72 heavy (non-hydrogen) atoms. The van der Waals surface area contributed by atoms with Crippen LogP contribution in [-0.4, -0.2) is 163 Å². The van der Waals surface area contributed by atoms with Gasteiger partial charge in [0.2, 0.25) is 5.91 Å². The Morgan fingerprint density at radius 2 is 0.903 bits per heavy atom. The number of carbonyl (C=O) groups excluding carboxylic acids is 1. The molecule has 0 aromatic heterocycles. The number of ether oxygens (including phenoxy) is 4. The maximum Gasteiger partial charge on any atom is 0.249 e. The van der Waals surface area contributed by atoms with Crippen LogP contribution in [0, 0.1) is 0 Å². The minimum atomic E-state index is -1.82. The van der Waals surface area contributed by atoms with Crippen LogP contribution in [-0.2, 0) is 23.7 Å². The van der Waals surface area contributed by atoms with Crippen molar-refractivity contribution in [1.82, 2.24) is 5.32 Å². The van der Waals surface area contributed by atoms with Crippen molar-refractivity contribution in [2.45, 2.75) is 331 Å². The summed E-state index contributed by atoms with van der Waals surface area (Å²) in [7, 11) is 0. The van der Waals surface area contributed by atoms with E-state index >= 15 is 0 Å². The number of unbranched alkanes of at least 4 members (excludes halogenated alkanes) is 32. The van der Waals surface area contributed by atoms with E-state index in [1.807, 2.05) is 0 Å². The lowest BCUT2D eigenvalue weighted by atomic mass is 9.98. The predicted molar refractivity (Wildman–Crippen MR) is 280 cm³/mol. The third-order valence-electron chi connectivity index (χ3n) is 15.0. The molecule has 2 aliphatic heterocycles. The fraction of sp³-hybridized carbons (Fsp3) is 0.982. The van der Waals surface area contributed by atoms with Crippen LogP contribution in [0.25, 0.3) is 0 Å². The number of amides is 1. The molecule has 16 heteroatoms. The van der Waals surface area contributed by atoms with Crippen molar-refractivity contribution in [2.75, 3.05) is 19.8 Å². The molecule has 1 amide bonds. The van der Waals surface area contributed by atoms with Gasteiger partial charge in [0.25, 0.3) is 0 Å². The highest BCUT2D eigenvalue weighted by Gasteiger charge is 2.52. The summed E-state index contributed by atoms with van der Waals surface area (Å²) in [5.41, 5.74) is 0. The van der Waals surface area contributed by atoms with E-state index in [4.69, 9.17) is 18.9 Å². The molecular formula is C56H109NO15. The normalized spacial score (nSPS) is 25.6. The Bertz CT molecular complexity index is 1260. The molecule has 14 atom stereocenters. The minimum absolute atomic E-state index is 0.204. The van der Waals surface area contributed by atoms with Gasteiger partial charge in [0, 0.05) is 0 Å². The van der Waals surface area contributed by atoms with Crippen molar-refractivity contribution < 1.29 is 74.8 Å². The second-order valence-electron chi connectivity index (χ2n) is 21.4. The Morgan fingerprint density at radius 1 is 0.500 bits per heavy atom. The summed E-state index contributed by atoms with van der Waals surface area (Å²) in [6, 6.07) is -1.28. The molecule has 0 bridgehead atoms. The van der Waals surface area contributed by atoms with E-state index in [0.29, 0.717) is 12.8 Å². The average molecular weight is 1040 g/mol. The fourth-order valence-corrected chi connectivity index (χ4v) is 10.1. The number of hydrogen-bond donors (Lipinski definition) is 11. The van der Waals surface area contributed by atoms with Crippen molar-refractivity contribution in [3.8, 4) is 0 Å². The maximum atomic E-state index is 13.4. The Kier molecular flexibility index (Phi) is 40.0. The number of hydrogen-bond acceptors (Lipinski definition) is 15. The van der Waals surface area contributed by atoms with Crippen LogP contribution in [0.4, 0.5) is 0 Å². The van der Waals surface area contributed by atoms with Crippen molar-refractivity contribution in [1.29, 1.82) is 0 Å². The topological polar surface area (TPSA) is 268 Å². The Balaban J connectivity index is 1.85. The zero-order valence-corrected chi connectivity index (χ0v) is 45.2. The first-order valence-corrected chi connectivity index (χ1v) is 29.5. The van der Waals surface area contributed by atoms with E-state index in [0.717, 1.165) is 44.9 Å². The summed E-state index contributed by atoms with van der Waals surface area (Å²) < 4.78 is 22.6. The van der Waals surface area contributed by atoms with Gasteiger partial charge in [0.15, 0.2) is 12.6 Å². The van der Waals surface area contributed by atoms with Gasteiger partial charge in [-0.2, -0.15) is 0 Å². The van der Waals surface area contributed by atoms with Crippen LogP contribution in [0.2, 0.25) is 0 Å². The van der Waals surface area contributed by atoms with Gasteiger partial charge in [-0.3, -0.25) is 4.79 Å². The second kappa shape index (κ2) is 43.0. The van der Waals surface area contributed by atoms with Crippen molar-refractivity contribution >= 4 is 5.91 Å². The molecule has 0 radical (unpaired) electrons. The monoisotopic (exact) mass is 1040 g/mol. The first kappa shape index (κ1) is 67.0. The average Bonchev–Trinajstić information content (AvgIpc) is 3.66. The highest BCUT2D eigenvalue weighted by Crippen LogP contribution is 2.31. The number of nitrogens with one attached hydrogen (secondary N) is 1. The Hall–Kier alpha value is -1.09. The first-order valence-electron chi connectivity index (χ1n) is 29.5. The first-order chi connectivity index (χ1) is 34.9. The molecule has 2 heterocycles. The van der Waals surface area contributed by atoms with Gasteiger partial charge >= 0.3 is 0 Å². The Morgan fingerprint density at radius 3 is 1.31 bits per heavy atom. The van der Waals surface area contributed by atoms with Crippen LogP contribution in [0.5, 0.6) is 0 Å². The van der Waals surface area contributed by atoms with Gasteiger partial charge in [-0.15, -0.1) is 0 Å². The van der Waals surface area contributed by atoms with Crippen LogP contribution in [0.15, 0.2) is 0 Å². The SMILES string of the molecule is CCCCCCCCCCCCCCCCCCCCCCC(O)C(=O)NC(COC1OC(CO)C(O)C(OC2OC(C(O)CO)C(O)C2O)C1O)C(O)C(O)CCCCCCCCCCCCCCCC. The number of aliphatic hydroxyl groups is 10. The molecule has 14 unspecified atom stereocenters. The highest BCUT2D eigenvalue weighted by atomic mass is 16.7. The van der Waals surface area contributed by atoms with E-state index in [1.54, 1.807) is 0 Å². The van der Waals surface area contributed by atoms with E-state index in [-0.39, 0.29) is 12.8 Å². The predicted octanol–water partition coefficient (Wildman–Crippen LogP) is 7.28. The van der Waals surface area contributed by atoms with Crippen molar-refractivity contribution in [3.63, 3.8) is 0 Å². The standard InChI is InChI=1S/C56H109NO15/c1-3-5-7-9-11-13-15-17-19-20-21-22-23-24-26-28-30-32-34-36-38-44(61)54(68)57-42(47(63)43(60)37-35-33-31-29-27-25-18-16-14-12-10-8-6-4-2)41-69-55-51(67)53(48(64)46(40-59)70-55)72-56-50(66)49(65)52(71-56)45(62)39-58/h42-53,55-56,58-67H,3-41H2,1-2H3,(H,57,68). The van der Waals surface area contributed by atoms with Gasteiger partial charge in [-0.25, -0.2) is 0 Å². The summed E-state index contributed by atoms with van der Waals surface area (Å²) in [6.07, 6.45) is 21.2. The molecule has 0 saturated carbocycles. The summed E-state index contributed by atoms with van der Waals surface area (Å²) in [6.45, 7) is 2.41. The van der Waals surface area contributed by atoms with Crippen molar-refractivity contribution in [3.05, 3.63) is 0 Å². The molecule has 428 valence electrons. The lowest BCUT2D eigenvalue weighted by Gasteiger charge is -2.43. The molecule has 0 aromatic carbocycles. The number of aliphatic hydroxyl groups excluding tert-OH is 10. The lowest BCUT2D eigenvalue weighted by molar-refractivity contribution is -0.332. The highest BCUT2D eigenvalue weighted by molar-refractivity contribution is 5.80. The van der Waals surface area contributed by atoms with Gasteiger partial charge in [-0.05, 0) is 12.8 Å².